The van der Waals surface area contributed by atoms with Gasteiger partial charge in [0.1, 0.15) is 0 Å². The molecule has 1 aromatic carbocycles. The molecule has 0 aliphatic rings. The van der Waals surface area contributed by atoms with E-state index in [4.69, 9.17) is 14.0 Å². The molecular weight excluding hydrogens is 382 g/mol. The fraction of sp³-hybridized carbons (Fsp3) is 0.550. The molecule has 0 fully saturated rings. The molecule has 0 atom stereocenters. The first-order chi connectivity index (χ1) is 13.4. The summed E-state index contributed by atoms with van der Waals surface area (Å²) in [5.74, 6) is 0.959. The monoisotopic (exact) mass is 413 g/mol. The molecule has 1 rings (SSSR count). The summed E-state index contributed by atoms with van der Waals surface area (Å²) in [4.78, 5) is 11.9. The van der Waals surface area contributed by atoms with Crippen molar-refractivity contribution in [2.75, 3.05) is 26.5 Å². The van der Waals surface area contributed by atoms with Gasteiger partial charge in [-0.1, -0.05) is 38.2 Å². The van der Waals surface area contributed by atoms with Gasteiger partial charge in [-0.05, 0) is 36.6 Å². The maximum atomic E-state index is 11.9. The minimum atomic E-state index is -3.82. The minimum Gasteiger partial charge on any atom is -0.493 e. The maximum Gasteiger partial charge on any atom is 0.264 e. The summed E-state index contributed by atoms with van der Waals surface area (Å²) in [6, 6.07) is 5.44. The topological polar surface area (TPSA) is 102 Å². The van der Waals surface area contributed by atoms with Gasteiger partial charge in [-0.25, -0.2) is 0 Å². The van der Waals surface area contributed by atoms with Crippen molar-refractivity contribution in [3.8, 4) is 11.5 Å². The second-order valence-corrected chi connectivity index (χ2v) is 8.07. The summed E-state index contributed by atoms with van der Waals surface area (Å²) < 4.78 is 40.2. The molecule has 0 bridgehead atoms. The summed E-state index contributed by atoms with van der Waals surface area (Å²) >= 11 is 0. The van der Waals surface area contributed by atoms with Crippen molar-refractivity contribution < 1.29 is 27.2 Å². The van der Waals surface area contributed by atoms with Crippen LogP contribution in [0.3, 0.4) is 0 Å². The lowest BCUT2D eigenvalue weighted by molar-refractivity contribution is -0.116. The Balaban J connectivity index is 2.13. The van der Waals surface area contributed by atoms with Gasteiger partial charge in [-0.3, -0.25) is 9.35 Å². The molecule has 1 amide bonds. The number of rotatable bonds is 14. The molecule has 0 aliphatic carbocycles. The maximum absolute atomic E-state index is 11.9. The number of ether oxygens (including phenoxy) is 2. The van der Waals surface area contributed by atoms with Gasteiger partial charge in [0.05, 0.1) is 20.0 Å². The predicted octanol–water partition coefficient (Wildman–Crippen LogP) is 3.45. The third-order valence-corrected chi connectivity index (χ3v) is 5.02. The van der Waals surface area contributed by atoms with Crippen molar-refractivity contribution in [3.05, 3.63) is 29.8 Å². The number of methoxy groups -OCH3 is 2. The molecule has 2 N–H and O–H groups in total. The number of carbonyl (C=O) groups excluding carboxylic acids is 1. The van der Waals surface area contributed by atoms with Crippen LogP contribution < -0.4 is 14.8 Å². The second-order valence-electron chi connectivity index (χ2n) is 6.50. The first-order valence-corrected chi connectivity index (χ1v) is 11.1. The van der Waals surface area contributed by atoms with Crippen molar-refractivity contribution >= 4 is 22.1 Å². The van der Waals surface area contributed by atoms with Crippen LogP contribution >= 0.6 is 0 Å². The molecule has 0 saturated heterocycles. The zero-order valence-electron chi connectivity index (χ0n) is 16.6. The third-order valence-electron chi connectivity index (χ3n) is 4.21. The van der Waals surface area contributed by atoms with Crippen LogP contribution in [0.4, 0.5) is 0 Å². The summed E-state index contributed by atoms with van der Waals surface area (Å²) in [6.07, 6.45) is 9.47. The number of carbonyl (C=O) groups is 1. The van der Waals surface area contributed by atoms with Crippen LogP contribution in [0, 0.1) is 0 Å². The van der Waals surface area contributed by atoms with E-state index in [2.05, 4.69) is 5.32 Å². The van der Waals surface area contributed by atoms with Crippen molar-refractivity contribution in [2.45, 2.75) is 44.9 Å². The van der Waals surface area contributed by atoms with E-state index in [9.17, 15) is 13.2 Å². The van der Waals surface area contributed by atoms with Gasteiger partial charge in [0, 0.05) is 12.6 Å². The zero-order chi connectivity index (χ0) is 20.8. The first-order valence-electron chi connectivity index (χ1n) is 9.49. The smallest absolute Gasteiger partial charge is 0.264 e. The van der Waals surface area contributed by atoms with E-state index >= 15 is 0 Å². The number of benzene rings is 1. The highest BCUT2D eigenvalue weighted by molar-refractivity contribution is 7.85. The fourth-order valence-electron chi connectivity index (χ4n) is 2.69. The average Bonchev–Trinajstić information content (AvgIpc) is 2.66. The Morgan fingerprint density at radius 1 is 1.00 bits per heavy atom. The molecule has 28 heavy (non-hydrogen) atoms. The Bertz CT molecular complexity index is 730. The molecule has 0 aromatic heterocycles. The second kappa shape index (κ2) is 13.2. The highest BCUT2D eigenvalue weighted by atomic mass is 32.2. The highest BCUT2D eigenvalue weighted by Gasteiger charge is 2.04. The van der Waals surface area contributed by atoms with Crippen molar-refractivity contribution in [1.82, 2.24) is 5.32 Å². The van der Waals surface area contributed by atoms with Crippen LogP contribution in [0.25, 0.3) is 6.08 Å². The van der Waals surface area contributed by atoms with Crippen LogP contribution in [0.15, 0.2) is 24.3 Å². The first kappa shape index (κ1) is 24.0. The van der Waals surface area contributed by atoms with Gasteiger partial charge in [0.25, 0.3) is 10.1 Å². The summed E-state index contributed by atoms with van der Waals surface area (Å²) in [6.45, 7) is 0.623. The van der Waals surface area contributed by atoms with Crippen LogP contribution in [0.1, 0.15) is 50.5 Å². The molecule has 0 unspecified atom stereocenters. The van der Waals surface area contributed by atoms with E-state index in [1.54, 1.807) is 32.4 Å². The number of hydrogen-bond donors (Lipinski definition) is 2. The molecule has 1 aromatic rings. The van der Waals surface area contributed by atoms with Crippen molar-refractivity contribution in [2.24, 2.45) is 0 Å². The molecule has 0 saturated carbocycles. The Morgan fingerprint density at radius 3 is 2.21 bits per heavy atom. The normalized spacial score (nSPS) is 11.5. The number of nitrogens with one attached hydrogen (secondary N) is 1. The predicted molar refractivity (Wildman–Crippen MR) is 110 cm³/mol. The summed E-state index contributed by atoms with van der Waals surface area (Å²) in [5.41, 5.74) is 0.849. The third kappa shape index (κ3) is 10.9. The molecule has 0 spiro atoms. The summed E-state index contributed by atoms with van der Waals surface area (Å²) in [5, 5.41) is 2.86. The molecule has 0 aliphatic heterocycles. The van der Waals surface area contributed by atoms with Gasteiger partial charge < -0.3 is 14.8 Å². The van der Waals surface area contributed by atoms with Gasteiger partial charge >= 0.3 is 0 Å². The lowest BCUT2D eigenvalue weighted by atomic mass is 10.1. The standard InChI is InChI=1S/C20H31NO6S/c1-26-18-12-10-17(16-19(18)27-2)11-13-20(22)21-14-8-6-4-3-5-7-9-15-28(23,24)25/h10-13,16H,3-9,14-15H2,1-2H3,(H,21,22)(H,23,24,25)/b13-11+. The SMILES string of the molecule is COc1ccc(/C=C/C(=O)NCCCCCCCCCS(=O)(=O)O)cc1OC. The Morgan fingerprint density at radius 2 is 1.61 bits per heavy atom. The van der Waals surface area contributed by atoms with E-state index in [1.165, 1.54) is 6.08 Å². The van der Waals surface area contributed by atoms with Gasteiger partial charge in [-0.2, -0.15) is 8.42 Å². The molecule has 8 heteroatoms. The van der Waals surface area contributed by atoms with Crippen LogP contribution in [-0.2, 0) is 14.9 Å². The Hall–Kier alpha value is -2.06. The van der Waals surface area contributed by atoms with E-state index in [1.807, 2.05) is 6.07 Å². The number of hydrogen-bond acceptors (Lipinski definition) is 5. The largest absolute Gasteiger partial charge is 0.493 e. The quantitative estimate of drug-likeness (QED) is 0.275. The molecule has 0 heterocycles. The van der Waals surface area contributed by atoms with Crippen LogP contribution in [0.2, 0.25) is 0 Å². The minimum absolute atomic E-state index is 0.139. The average molecular weight is 414 g/mol. The Labute approximate surface area is 167 Å². The molecular formula is C20H31NO6S. The lowest BCUT2D eigenvalue weighted by Crippen LogP contribution is -2.21. The van der Waals surface area contributed by atoms with E-state index in [-0.39, 0.29) is 11.7 Å². The van der Waals surface area contributed by atoms with Gasteiger partial charge in [0.2, 0.25) is 5.91 Å². The van der Waals surface area contributed by atoms with Crippen LogP contribution in [0.5, 0.6) is 11.5 Å². The molecule has 0 radical (unpaired) electrons. The van der Waals surface area contributed by atoms with E-state index < -0.39 is 10.1 Å². The highest BCUT2D eigenvalue weighted by Crippen LogP contribution is 2.27. The lowest BCUT2D eigenvalue weighted by Gasteiger charge is -2.07. The molecule has 7 nitrogen and oxygen atoms in total. The summed E-state index contributed by atoms with van der Waals surface area (Å²) in [7, 11) is -0.683. The number of amides is 1. The van der Waals surface area contributed by atoms with E-state index in [0.29, 0.717) is 24.5 Å². The van der Waals surface area contributed by atoms with Gasteiger partial charge in [-0.15, -0.1) is 0 Å². The zero-order valence-corrected chi connectivity index (χ0v) is 17.5. The Kier molecular flexibility index (Phi) is 11.3. The fourth-order valence-corrected chi connectivity index (χ4v) is 3.26. The number of unbranched alkanes of at least 4 members (excludes halogenated alkanes) is 6. The molecule has 158 valence electrons. The van der Waals surface area contributed by atoms with E-state index in [0.717, 1.165) is 44.1 Å². The van der Waals surface area contributed by atoms with Crippen LogP contribution in [-0.4, -0.2) is 45.4 Å². The van der Waals surface area contributed by atoms with Crippen molar-refractivity contribution in [1.29, 1.82) is 0 Å². The van der Waals surface area contributed by atoms with Crippen molar-refractivity contribution in [3.63, 3.8) is 0 Å². The van der Waals surface area contributed by atoms with Gasteiger partial charge in [0.15, 0.2) is 11.5 Å².